The number of carbonyl (C=O) groups is 1. The predicted molar refractivity (Wildman–Crippen MR) is 103 cm³/mol. The molecule has 1 saturated carbocycles. The minimum absolute atomic E-state index is 0.0793. The number of sulfonamides is 1. The zero-order valence-corrected chi connectivity index (χ0v) is 16.5. The van der Waals surface area contributed by atoms with E-state index in [1.807, 2.05) is 0 Å². The Morgan fingerprint density at radius 3 is 2.23 bits per heavy atom. The maximum Gasteiger partial charge on any atom is 0.222 e. The van der Waals surface area contributed by atoms with E-state index in [1.54, 1.807) is 31.4 Å². The van der Waals surface area contributed by atoms with Gasteiger partial charge in [0.25, 0.3) is 0 Å². The first-order chi connectivity index (χ1) is 12.4. The summed E-state index contributed by atoms with van der Waals surface area (Å²) in [5.41, 5.74) is 0.740. The Labute approximate surface area is 156 Å². The summed E-state index contributed by atoms with van der Waals surface area (Å²) < 4.78 is 31.2. The first-order valence-corrected chi connectivity index (χ1v) is 11.2. The van der Waals surface area contributed by atoms with Crippen molar-refractivity contribution >= 4 is 15.9 Å². The van der Waals surface area contributed by atoms with Gasteiger partial charge in [-0.05, 0) is 30.5 Å². The lowest BCUT2D eigenvalue weighted by Crippen LogP contribution is -2.38. The fourth-order valence-electron chi connectivity index (χ4n) is 3.39. The van der Waals surface area contributed by atoms with E-state index in [9.17, 15) is 13.2 Å². The quantitative estimate of drug-likeness (QED) is 0.759. The van der Waals surface area contributed by atoms with Gasteiger partial charge in [-0.15, -0.1) is 0 Å². The summed E-state index contributed by atoms with van der Waals surface area (Å²) in [5, 5.41) is 3.10. The number of hydrogen-bond donors (Lipinski definition) is 2. The average Bonchev–Trinajstić information content (AvgIpc) is 2.55. The molecule has 2 rings (SSSR count). The number of carbonyl (C=O) groups excluding carboxylic acids is 1. The number of nitrogens with one attached hydrogen (secondary N) is 2. The van der Waals surface area contributed by atoms with Gasteiger partial charge in [-0.25, -0.2) is 13.1 Å². The summed E-state index contributed by atoms with van der Waals surface area (Å²) in [7, 11) is -1.86. The first kappa shape index (κ1) is 20.7. The number of hydrogen-bond acceptors (Lipinski definition) is 4. The molecule has 6 nitrogen and oxygen atoms in total. The van der Waals surface area contributed by atoms with Crippen LogP contribution in [-0.4, -0.2) is 33.7 Å². The molecule has 1 aromatic carbocycles. The van der Waals surface area contributed by atoms with Crippen LogP contribution in [0.2, 0.25) is 0 Å². The Hall–Kier alpha value is -1.60. The van der Waals surface area contributed by atoms with E-state index in [2.05, 4.69) is 10.0 Å². The van der Waals surface area contributed by atoms with E-state index in [4.69, 9.17) is 4.74 Å². The van der Waals surface area contributed by atoms with Crippen LogP contribution < -0.4 is 14.8 Å². The van der Waals surface area contributed by atoms with Crippen LogP contribution >= 0.6 is 0 Å². The van der Waals surface area contributed by atoms with Gasteiger partial charge in [0.2, 0.25) is 15.9 Å². The second kappa shape index (κ2) is 9.92. The van der Waals surface area contributed by atoms with Crippen molar-refractivity contribution in [3.63, 3.8) is 0 Å². The lowest BCUT2D eigenvalue weighted by atomic mass is 9.96. The highest BCUT2D eigenvalue weighted by Crippen LogP contribution is 2.22. The SMILES string of the molecule is COc1ccc([C@H](CC(=O)NC2CCCCCCC2)NS(C)(=O)=O)cc1. The van der Waals surface area contributed by atoms with Crippen LogP contribution in [-0.2, 0) is 14.8 Å². The maximum atomic E-state index is 12.5. The molecule has 0 heterocycles. The Bertz CT molecular complexity index is 665. The summed E-state index contributed by atoms with van der Waals surface area (Å²) in [5.74, 6) is 0.568. The molecule has 1 aromatic rings. The zero-order valence-electron chi connectivity index (χ0n) is 15.7. The Morgan fingerprint density at radius 1 is 1.12 bits per heavy atom. The van der Waals surface area contributed by atoms with Crippen molar-refractivity contribution in [1.82, 2.24) is 10.0 Å². The number of rotatable bonds is 7. The van der Waals surface area contributed by atoms with E-state index in [-0.39, 0.29) is 18.4 Å². The smallest absolute Gasteiger partial charge is 0.222 e. The maximum absolute atomic E-state index is 12.5. The van der Waals surface area contributed by atoms with Crippen molar-refractivity contribution in [1.29, 1.82) is 0 Å². The molecule has 1 fully saturated rings. The number of methoxy groups -OCH3 is 1. The highest BCUT2D eigenvalue weighted by molar-refractivity contribution is 7.88. The molecule has 1 amide bonds. The summed E-state index contributed by atoms with van der Waals surface area (Å²) >= 11 is 0. The van der Waals surface area contributed by atoms with Gasteiger partial charge in [-0.3, -0.25) is 4.79 Å². The van der Waals surface area contributed by atoms with Crippen LogP contribution in [0.1, 0.15) is 63.0 Å². The molecule has 0 aromatic heterocycles. The van der Waals surface area contributed by atoms with E-state index >= 15 is 0 Å². The van der Waals surface area contributed by atoms with Gasteiger partial charge < -0.3 is 10.1 Å². The molecule has 0 saturated heterocycles. The summed E-state index contributed by atoms with van der Waals surface area (Å²) in [4.78, 5) is 12.5. The van der Waals surface area contributed by atoms with E-state index < -0.39 is 16.1 Å². The highest BCUT2D eigenvalue weighted by atomic mass is 32.2. The van der Waals surface area contributed by atoms with Crippen LogP contribution in [0.3, 0.4) is 0 Å². The van der Waals surface area contributed by atoms with Crippen LogP contribution in [0.5, 0.6) is 5.75 Å². The molecule has 0 bridgehead atoms. The number of benzene rings is 1. The number of ether oxygens (including phenoxy) is 1. The van der Waals surface area contributed by atoms with Crippen LogP contribution in [0, 0.1) is 0 Å². The van der Waals surface area contributed by atoms with Crippen LogP contribution in [0.25, 0.3) is 0 Å². The fourth-order valence-corrected chi connectivity index (χ4v) is 4.13. The third-order valence-corrected chi connectivity index (χ3v) is 5.45. The van der Waals surface area contributed by atoms with Crippen molar-refractivity contribution < 1.29 is 17.9 Å². The van der Waals surface area contributed by atoms with Gasteiger partial charge in [0.1, 0.15) is 5.75 Å². The van der Waals surface area contributed by atoms with Crippen LogP contribution in [0.15, 0.2) is 24.3 Å². The Balaban J connectivity index is 2.03. The normalized spacial score (nSPS) is 17.8. The molecule has 0 unspecified atom stereocenters. The summed E-state index contributed by atoms with van der Waals surface area (Å²) in [6.45, 7) is 0. The molecule has 0 radical (unpaired) electrons. The zero-order chi connectivity index (χ0) is 19.0. The molecule has 0 aliphatic heterocycles. The van der Waals surface area contributed by atoms with Gasteiger partial charge >= 0.3 is 0 Å². The molecule has 0 spiro atoms. The summed E-state index contributed by atoms with van der Waals surface area (Å²) in [6, 6.07) is 6.69. The minimum Gasteiger partial charge on any atom is -0.497 e. The lowest BCUT2D eigenvalue weighted by Gasteiger charge is -2.23. The molecule has 1 aliphatic rings. The highest BCUT2D eigenvalue weighted by Gasteiger charge is 2.22. The van der Waals surface area contributed by atoms with Crippen molar-refractivity contribution in [3.05, 3.63) is 29.8 Å². The number of amides is 1. The fraction of sp³-hybridized carbons (Fsp3) is 0.632. The first-order valence-electron chi connectivity index (χ1n) is 9.28. The van der Waals surface area contributed by atoms with Gasteiger partial charge in [-0.1, -0.05) is 44.2 Å². The van der Waals surface area contributed by atoms with Crippen molar-refractivity contribution in [2.45, 2.75) is 63.5 Å². The lowest BCUT2D eigenvalue weighted by molar-refractivity contribution is -0.122. The molecular formula is C19H30N2O4S. The van der Waals surface area contributed by atoms with Gasteiger partial charge in [0.15, 0.2) is 0 Å². The predicted octanol–water partition coefficient (Wildman–Crippen LogP) is 2.90. The van der Waals surface area contributed by atoms with Gasteiger partial charge in [-0.2, -0.15) is 0 Å². The second-order valence-corrected chi connectivity index (χ2v) is 8.81. The Morgan fingerprint density at radius 2 is 1.69 bits per heavy atom. The van der Waals surface area contributed by atoms with Crippen molar-refractivity contribution in [2.75, 3.05) is 13.4 Å². The second-order valence-electron chi connectivity index (χ2n) is 7.03. The minimum atomic E-state index is -3.44. The summed E-state index contributed by atoms with van der Waals surface area (Å²) in [6.07, 6.45) is 9.16. The van der Waals surface area contributed by atoms with E-state index in [0.717, 1.165) is 37.5 Å². The molecule has 2 N–H and O–H groups in total. The molecular weight excluding hydrogens is 352 g/mol. The molecule has 1 atom stereocenters. The van der Waals surface area contributed by atoms with Gasteiger partial charge in [0.05, 0.1) is 19.4 Å². The van der Waals surface area contributed by atoms with E-state index in [1.165, 1.54) is 19.3 Å². The Kier molecular flexibility index (Phi) is 7.90. The van der Waals surface area contributed by atoms with Gasteiger partial charge in [0, 0.05) is 12.5 Å². The topological polar surface area (TPSA) is 84.5 Å². The molecule has 146 valence electrons. The molecule has 1 aliphatic carbocycles. The molecule has 7 heteroatoms. The molecule has 26 heavy (non-hydrogen) atoms. The van der Waals surface area contributed by atoms with Crippen LogP contribution in [0.4, 0.5) is 0 Å². The standard InChI is InChI=1S/C19H30N2O4S/c1-25-17-12-10-15(11-13-17)18(21-26(2,23)24)14-19(22)20-16-8-6-4-3-5-7-9-16/h10-13,16,18,21H,3-9,14H2,1-2H3,(H,20,22)/t18-/m0/s1. The monoisotopic (exact) mass is 382 g/mol. The van der Waals surface area contributed by atoms with E-state index in [0.29, 0.717) is 5.75 Å². The van der Waals surface area contributed by atoms with Crippen molar-refractivity contribution in [3.8, 4) is 5.75 Å². The largest absolute Gasteiger partial charge is 0.497 e. The third-order valence-electron chi connectivity index (χ3n) is 4.73. The van der Waals surface area contributed by atoms with Crippen molar-refractivity contribution in [2.24, 2.45) is 0 Å². The third kappa shape index (κ3) is 7.33. The average molecular weight is 383 g/mol.